The molecular weight excluding hydrogens is 242 g/mol. The van der Waals surface area contributed by atoms with E-state index in [-0.39, 0.29) is 5.97 Å². The number of hydrogen-bond acceptors (Lipinski definition) is 4. The van der Waals surface area contributed by atoms with Crippen LogP contribution in [0.1, 0.15) is 34.9 Å². The fraction of sp³-hybridized carbons (Fsp3) is 0.429. The van der Waals surface area contributed by atoms with Crippen molar-refractivity contribution >= 4 is 11.5 Å². The standard InChI is InChI=1S/C14H17N3O2/c1-19-14(18)11-3-2-8-17-12(11)9-16-13(17)10-4-6-15-7-5-10/h2-3,8-10,15H,4-7H2,1H3. The summed E-state index contributed by atoms with van der Waals surface area (Å²) in [6, 6.07) is 3.64. The molecule has 0 saturated carbocycles. The minimum absolute atomic E-state index is 0.317. The summed E-state index contributed by atoms with van der Waals surface area (Å²) < 4.78 is 6.83. The smallest absolute Gasteiger partial charge is 0.340 e. The van der Waals surface area contributed by atoms with Gasteiger partial charge >= 0.3 is 5.97 Å². The van der Waals surface area contributed by atoms with E-state index in [0.717, 1.165) is 37.3 Å². The molecular formula is C14H17N3O2. The van der Waals surface area contributed by atoms with Crippen LogP contribution in [0.25, 0.3) is 5.52 Å². The first-order valence-electron chi connectivity index (χ1n) is 6.56. The molecule has 0 amide bonds. The lowest BCUT2D eigenvalue weighted by Crippen LogP contribution is -2.27. The third-order valence-corrected chi connectivity index (χ3v) is 3.71. The fourth-order valence-corrected chi connectivity index (χ4v) is 2.71. The Hall–Kier alpha value is -1.88. The number of imidazole rings is 1. The molecule has 1 fully saturated rings. The number of ether oxygens (including phenoxy) is 1. The number of hydrogen-bond donors (Lipinski definition) is 1. The number of nitrogens with one attached hydrogen (secondary N) is 1. The number of fused-ring (bicyclic) bond motifs is 1. The second-order valence-corrected chi connectivity index (χ2v) is 4.81. The van der Waals surface area contributed by atoms with Crippen molar-refractivity contribution in [3.63, 3.8) is 0 Å². The minimum atomic E-state index is -0.317. The Labute approximate surface area is 111 Å². The lowest BCUT2D eigenvalue weighted by atomic mass is 9.97. The van der Waals surface area contributed by atoms with Gasteiger partial charge in [0, 0.05) is 12.1 Å². The van der Waals surface area contributed by atoms with Crippen LogP contribution in [-0.2, 0) is 4.74 Å². The van der Waals surface area contributed by atoms with Crippen molar-refractivity contribution in [1.29, 1.82) is 0 Å². The van der Waals surface area contributed by atoms with Gasteiger partial charge in [-0.3, -0.25) is 0 Å². The maximum Gasteiger partial charge on any atom is 0.340 e. The zero-order chi connectivity index (χ0) is 13.2. The fourth-order valence-electron chi connectivity index (χ4n) is 2.71. The quantitative estimate of drug-likeness (QED) is 0.832. The SMILES string of the molecule is COC(=O)c1cccn2c(C3CCNCC3)ncc12. The number of piperidine rings is 1. The van der Waals surface area contributed by atoms with Crippen molar-refractivity contribution in [2.24, 2.45) is 0 Å². The van der Waals surface area contributed by atoms with Gasteiger partial charge in [0.15, 0.2) is 0 Å². The maximum absolute atomic E-state index is 11.7. The molecule has 3 rings (SSSR count). The zero-order valence-corrected chi connectivity index (χ0v) is 10.9. The van der Waals surface area contributed by atoms with Crippen molar-refractivity contribution in [3.8, 4) is 0 Å². The topological polar surface area (TPSA) is 55.6 Å². The number of methoxy groups -OCH3 is 1. The first-order valence-corrected chi connectivity index (χ1v) is 6.56. The minimum Gasteiger partial charge on any atom is -0.465 e. The molecule has 100 valence electrons. The maximum atomic E-state index is 11.7. The Morgan fingerprint density at radius 2 is 2.26 bits per heavy atom. The van der Waals surface area contributed by atoms with Crippen molar-refractivity contribution in [2.45, 2.75) is 18.8 Å². The van der Waals surface area contributed by atoms with Crippen LogP contribution in [0.2, 0.25) is 0 Å². The monoisotopic (exact) mass is 259 g/mol. The average molecular weight is 259 g/mol. The molecule has 0 atom stereocenters. The molecule has 5 heteroatoms. The highest BCUT2D eigenvalue weighted by molar-refractivity contribution is 5.96. The van der Waals surface area contributed by atoms with Crippen LogP contribution in [0.3, 0.4) is 0 Å². The second kappa shape index (κ2) is 5.01. The van der Waals surface area contributed by atoms with Crippen LogP contribution in [-0.4, -0.2) is 35.6 Å². The molecule has 1 aliphatic heterocycles. The van der Waals surface area contributed by atoms with Crippen LogP contribution in [0, 0.1) is 0 Å². The summed E-state index contributed by atoms with van der Waals surface area (Å²) in [5, 5.41) is 3.35. The molecule has 0 bridgehead atoms. The first kappa shape index (κ1) is 12.2. The van der Waals surface area contributed by atoms with Gasteiger partial charge in [-0.15, -0.1) is 0 Å². The van der Waals surface area contributed by atoms with Crippen molar-refractivity contribution in [3.05, 3.63) is 35.9 Å². The van der Waals surface area contributed by atoms with E-state index in [9.17, 15) is 4.79 Å². The summed E-state index contributed by atoms with van der Waals surface area (Å²) >= 11 is 0. The Kier molecular flexibility index (Phi) is 3.21. The number of carbonyl (C=O) groups excluding carboxylic acids is 1. The average Bonchev–Trinajstić information content (AvgIpc) is 2.91. The molecule has 1 saturated heterocycles. The third kappa shape index (κ3) is 2.10. The van der Waals surface area contributed by atoms with Crippen LogP contribution in [0.4, 0.5) is 0 Å². The normalized spacial score (nSPS) is 16.7. The molecule has 2 aromatic rings. The molecule has 0 spiro atoms. The summed E-state index contributed by atoms with van der Waals surface area (Å²) in [7, 11) is 1.40. The van der Waals surface area contributed by atoms with Gasteiger partial charge in [-0.2, -0.15) is 0 Å². The van der Waals surface area contributed by atoms with Gasteiger partial charge < -0.3 is 14.5 Å². The summed E-state index contributed by atoms with van der Waals surface area (Å²) in [5.74, 6) is 1.18. The van der Waals surface area contributed by atoms with Gasteiger partial charge in [-0.1, -0.05) is 0 Å². The third-order valence-electron chi connectivity index (χ3n) is 3.71. The van der Waals surface area contributed by atoms with Crippen LogP contribution >= 0.6 is 0 Å². The van der Waals surface area contributed by atoms with E-state index in [1.165, 1.54) is 7.11 Å². The van der Waals surface area contributed by atoms with Gasteiger partial charge in [0.2, 0.25) is 0 Å². The predicted molar refractivity (Wildman–Crippen MR) is 71.4 cm³/mol. The summed E-state index contributed by atoms with van der Waals surface area (Å²) in [5.41, 5.74) is 1.39. The van der Waals surface area contributed by atoms with E-state index in [2.05, 4.69) is 10.3 Å². The summed E-state index contributed by atoms with van der Waals surface area (Å²) in [4.78, 5) is 16.3. The van der Waals surface area contributed by atoms with E-state index in [0.29, 0.717) is 11.5 Å². The molecule has 0 aromatic carbocycles. The highest BCUT2D eigenvalue weighted by atomic mass is 16.5. The Morgan fingerprint density at radius 3 is 3.00 bits per heavy atom. The van der Waals surface area contributed by atoms with E-state index < -0.39 is 0 Å². The van der Waals surface area contributed by atoms with Crippen LogP contribution < -0.4 is 5.32 Å². The van der Waals surface area contributed by atoms with Crippen LogP contribution in [0.5, 0.6) is 0 Å². The number of rotatable bonds is 2. The van der Waals surface area contributed by atoms with E-state index in [4.69, 9.17) is 4.74 Å². The Balaban J connectivity index is 2.05. The van der Waals surface area contributed by atoms with E-state index in [1.807, 2.05) is 16.7 Å². The van der Waals surface area contributed by atoms with Gasteiger partial charge in [-0.05, 0) is 38.1 Å². The molecule has 19 heavy (non-hydrogen) atoms. The Bertz CT molecular complexity index is 600. The number of carbonyl (C=O) groups is 1. The number of aromatic nitrogens is 2. The van der Waals surface area contributed by atoms with E-state index in [1.54, 1.807) is 12.3 Å². The van der Waals surface area contributed by atoms with Gasteiger partial charge in [0.1, 0.15) is 5.82 Å². The number of nitrogens with zero attached hydrogens (tertiary/aromatic N) is 2. The molecule has 3 heterocycles. The highest BCUT2D eigenvalue weighted by Gasteiger charge is 2.21. The van der Waals surface area contributed by atoms with E-state index >= 15 is 0 Å². The molecule has 1 N–H and O–H groups in total. The van der Waals surface area contributed by atoms with Gasteiger partial charge in [0.05, 0.1) is 24.4 Å². The lowest BCUT2D eigenvalue weighted by Gasteiger charge is -2.21. The van der Waals surface area contributed by atoms with Crippen molar-refractivity contribution in [2.75, 3.05) is 20.2 Å². The van der Waals surface area contributed by atoms with Crippen molar-refractivity contribution < 1.29 is 9.53 Å². The highest BCUT2D eigenvalue weighted by Crippen LogP contribution is 2.26. The largest absolute Gasteiger partial charge is 0.465 e. The summed E-state index contributed by atoms with van der Waals surface area (Å²) in [6.45, 7) is 2.05. The zero-order valence-electron chi connectivity index (χ0n) is 10.9. The van der Waals surface area contributed by atoms with Gasteiger partial charge in [0.25, 0.3) is 0 Å². The summed E-state index contributed by atoms with van der Waals surface area (Å²) in [6.07, 6.45) is 5.90. The molecule has 0 unspecified atom stereocenters. The second-order valence-electron chi connectivity index (χ2n) is 4.81. The molecule has 0 aliphatic carbocycles. The molecule has 5 nitrogen and oxygen atoms in total. The van der Waals surface area contributed by atoms with Gasteiger partial charge in [-0.25, -0.2) is 9.78 Å². The molecule has 0 radical (unpaired) electrons. The number of esters is 1. The molecule has 2 aromatic heterocycles. The lowest BCUT2D eigenvalue weighted by molar-refractivity contribution is 0.0602. The predicted octanol–water partition coefficient (Wildman–Crippen LogP) is 1.59. The van der Waals surface area contributed by atoms with Crippen LogP contribution in [0.15, 0.2) is 24.5 Å². The number of pyridine rings is 1. The Morgan fingerprint density at radius 1 is 1.47 bits per heavy atom. The van der Waals surface area contributed by atoms with Crippen molar-refractivity contribution in [1.82, 2.24) is 14.7 Å². The molecule has 1 aliphatic rings. The first-order chi connectivity index (χ1) is 9.31.